The normalized spacial score (nSPS) is 17.6. The highest BCUT2D eigenvalue weighted by molar-refractivity contribution is 8.14. The Balaban J connectivity index is 1.52. The van der Waals surface area contributed by atoms with E-state index in [1.807, 2.05) is 48.3 Å². The van der Waals surface area contributed by atoms with Gasteiger partial charge in [-0.25, -0.2) is 18.8 Å². The lowest BCUT2D eigenvalue weighted by molar-refractivity contribution is 0.277. The number of aromatic amines is 1. The number of fused-ring (bicyclic) bond motifs is 1. The summed E-state index contributed by atoms with van der Waals surface area (Å²) < 4.78 is 30.7. The lowest BCUT2D eigenvalue weighted by Gasteiger charge is -2.25. The molecule has 0 unspecified atom stereocenters. The van der Waals surface area contributed by atoms with Crippen molar-refractivity contribution in [2.45, 2.75) is 53.4 Å². The zero-order valence-corrected chi connectivity index (χ0v) is 27.1. The fourth-order valence-electron chi connectivity index (χ4n) is 5.17. The molecule has 1 aliphatic heterocycles. The third kappa shape index (κ3) is 8.42. The molecule has 3 aromatic rings. The summed E-state index contributed by atoms with van der Waals surface area (Å²) >= 11 is 1.77. The number of allylic oxidation sites excluding steroid dienone is 7. The molecule has 3 heterocycles. The van der Waals surface area contributed by atoms with E-state index in [1.165, 1.54) is 24.6 Å². The van der Waals surface area contributed by atoms with Gasteiger partial charge in [0.25, 0.3) is 0 Å². The van der Waals surface area contributed by atoms with Crippen molar-refractivity contribution in [3.05, 3.63) is 108 Å². The summed E-state index contributed by atoms with van der Waals surface area (Å²) in [7, 11) is 0. The second kappa shape index (κ2) is 15.8. The van der Waals surface area contributed by atoms with Crippen LogP contribution in [0, 0.1) is 0 Å². The Kier molecular flexibility index (Phi) is 11.9. The van der Waals surface area contributed by atoms with Crippen molar-refractivity contribution in [3.63, 3.8) is 0 Å². The SMILES string of the molecule is C=C/C=C(F)\C(CN(CCC)C[C@@H](C)c1cn(-c2ccc3n[nH]c(/C=C/C=C4/N=C(C)SC/C4=C/CC)c3c2)cn1)=C(/C)F. The van der Waals surface area contributed by atoms with Gasteiger partial charge in [0.15, 0.2) is 0 Å². The van der Waals surface area contributed by atoms with E-state index >= 15 is 0 Å². The summed E-state index contributed by atoms with van der Waals surface area (Å²) in [6.45, 7) is 14.7. The molecule has 9 heteroatoms. The highest BCUT2D eigenvalue weighted by atomic mass is 32.2. The van der Waals surface area contributed by atoms with Gasteiger partial charge in [-0.15, -0.1) is 11.8 Å². The minimum atomic E-state index is -0.590. The van der Waals surface area contributed by atoms with Crippen molar-refractivity contribution in [2.75, 3.05) is 25.4 Å². The van der Waals surface area contributed by atoms with E-state index in [0.29, 0.717) is 13.1 Å². The molecular formula is C35H42F2N6S. The van der Waals surface area contributed by atoms with Gasteiger partial charge in [0.05, 0.1) is 34.0 Å². The number of halogens is 2. The minimum Gasteiger partial charge on any atom is -0.306 e. The average molecular weight is 617 g/mol. The van der Waals surface area contributed by atoms with E-state index in [-0.39, 0.29) is 18.0 Å². The highest BCUT2D eigenvalue weighted by Crippen LogP contribution is 2.27. The van der Waals surface area contributed by atoms with Crippen LogP contribution in [0.25, 0.3) is 22.7 Å². The Hall–Kier alpha value is -3.82. The summed E-state index contributed by atoms with van der Waals surface area (Å²) in [5, 5.41) is 9.72. The number of aliphatic imine (C=N–C) groups is 1. The largest absolute Gasteiger partial charge is 0.306 e. The van der Waals surface area contributed by atoms with Crippen LogP contribution in [-0.4, -0.2) is 55.1 Å². The number of H-pyrrole nitrogens is 1. The molecule has 0 fully saturated rings. The van der Waals surface area contributed by atoms with Crippen LogP contribution in [0.15, 0.2) is 101 Å². The molecule has 0 saturated heterocycles. The smallest absolute Gasteiger partial charge is 0.130 e. The Morgan fingerprint density at radius 2 is 2.09 bits per heavy atom. The van der Waals surface area contributed by atoms with E-state index in [9.17, 15) is 8.78 Å². The monoisotopic (exact) mass is 616 g/mol. The Morgan fingerprint density at radius 1 is 1.27 bits per heavy atom. The van der Waals surface area contributed by atoms with Crippen molar-refractivity contribution in [2.24, 2.45) is 4.99 Å². The number of aromatic nitrogens is 4. The number of thioether (sulfide) groups is 1. The van der Waals surface area contributed by atoms with Gasteiger partial charge in [-0.3, -0.25) is 10.00 Å². The maximum atomic E-state index is 14.5. The number of benzene rings is 1. The lowest BCUT2D eigenvalue weighted by Crippen LogP contribution is -2.31. The summed E-state index contributed by atoms with van der Waals surface area (Å²) in [6, 6.07) is 6.12. The Labute approximate surface area is 263 Å². The van der Waals surface area contributed by atoms with Gasteiger partial charge in [-0.1, -0.05) is 45.6 Å². The quantitative estimate of drug-likeness (QED) is 0.195. The van der Waals surface area contributed by atoms with E-state index in [0.717, 1.165) is 57.3 Å². The summed E-state index contributed by atoms with van der Waals surface area (Å²) in [5.74, 6) is -0.111. The van der Waals surface area contributed by atoms with Gasteiger partial charge in [-0.05, 0) is 75.2 Å². The van der Waals surface area contributed by atoms with E-state index < -0.39 is 11.7 Å². The molecule has 1 N–H and O–H groups in total. The first-order valence-corrected chi connectivity index (χ1v) is 16.1. The van der Waals surface area contributed by atoms with Crippen LogP contribution in [-0.2, 0) is 0 Å². The maximum Gasteiger partial charge on any atom is 0.130 e. The lowest BCUT2D eigenvalue weighted by atomic mass is 10.1. The van der Waals surface area contributed by atoms with Crippen LogP contribution in [0.1, 0.15) is 64.8 Å². The second-order valence-corrected chi connectivity index (χ2v) is 12.1. The maximum absolute atomic E-state index is 14.5. The Bertz CT molecular complexity index is 1650. The first kappa shape index (κ1) is 33.1. The third-order valence-corrected chi connectivity index (χ3v) is 8.37. The molecule has 2 aromatic heterocycles. The number of nitrogens with one attached hydrogen (secondary N) is 1. The molecule has 6 nitrogen and oxygen atoms in total. The standard InChI is InChI=1S/C35H42F2N6S/c1-7-11-27-22-44-26(6)39-32(27)13-10-14-33-29-18-28(15-16-34(29)41-40-33)43-21-35(38-23-43)24(4)19-42(17-9-3)20-30(25(5)36)31(37)12-8-2/h8,10-16,18,21,23-24H,2,7,9,17,19-20,22H2,1,3-6H3,(H,40,41)/b14-10+,27-11-,30-25+,31-12+,32-13+/t24-/m1/s1. The molecule has 1 aliphatic rings. The molecule has 0 bridgehead atoms. The fourth-order valence-corrected chi connectivity index (χ4v) is 5.96. The second-order valence-electron chi connectivity index (χ2n) is 10.9. The molecule has 44 heavy (non-hydrogen) atoms. The van der Waals surface area contributed by atoms with Crippen molar-refractivity contribution in [1.82, 2.24) is 24.6 Å². The van der Waals surface area contributed by atoms with Crippen LogP contribution in [0.3, 0.4) is 0 Å². The third-order valence-electron chi connectivity index (χ3n) is 7.41. The highest BCUT2D eigenvalue weighted by Gasteiger charge is 2.19. The van der Waals surface area contributed by atoms with Crippen LogP contribution in [0.2, 0.25) is 0 Å². The number of hydrogen-bond acceptors (Lipinski definition) is 5. The Morgan fingerprint density at radius 3 is 2.82 bits per heavy atom. The van der Waals surface area contributed by atoms with Gasteiger partial charge in [0, 0.05) is 47.6 Å². The van der Waals surface area contributed by atoms with Crippen LogP contribution >= 0.6 is 11.8 Å². The van der Waals surface area contributed by atoms with E-state index in [4.69, 9.17) is 9.98 Å². The van der Waals surface area contributed by atoms with Gasteiger partial charge < -0.3 is 4.57 Å². The minimum absolute atomic E-state index is 0.0516. The van der Waals surface area contributed by atoms with Crippen LogP contribution in [0.4, 0.5) is 8.78 Å². The number of rotatable bonds is 13. The molecule has 4 rings (SSSR count). The van der Waals surface area contributed by atoms with Gasteiger partial charge in [0.2, 0.25) is 0 Å². The summed E-state index contributed by atoms with van der Waals surface area (Å²) in [5.41, 5.74) is 6.00. The average Bonchev–Trinajstić information content (AvgIpc) is 3.65. The van der Waals surface area contributed by atoms with Gasteiger partial charge in [0.1, 0.15) is 11.7 Å². The molecule has 0 aliphatic carbocycles. The fraction of sp³-hybridized carbons (Fsp3) is 0.343. The molecule has 0 spiro atoms. The summed E-state index contributed by atoms with van der Waals surface area (Å²) in [4.78, 5) is 11.5. The zero-order chi connectivity index (χ0) is 31.6. The van der Waals surface area contributed by atoms with Gasteiger partial charge >= 0.3 is 0 Å². The molecule has 1 atom stereocenters. The summed E-state index contributed by atoms with van der Waals surface area (Å²) in [6.07, 6.45) is 16.6. The topological polar surface area (TPSA) is 62.1 Å². The predicted octanol–water partition coefficient (Wildman–Crippen LogP) is 9.25. The molecule has 0 saturated carbocycles. The number of hydrogen-bond donors (Lipinski definition) is 1. The van der Waals surface area contributed by atoms with Crippen molar-refractivity contribution in [3.8, 4) is 5.69 Å². The van der Waals surface area contributed by atoms with Crippen molar-refractivity contribution >= 4 is 33.8 Å². The van der Waals surface area contributed by atoms with E-state index in [1.54, 1.807) is 11.8 Å². The number of imidazole rings is 1. The number of nitrogens with zero attached hydrogens (tertiary/aromatic N) is 5. The van der Waals surface area contributed by atoms with E-state index in [2.05, 4.69) is 60.7 Å². The molecular weight excluding hydrogens is 574 g/mol. The van der Waals surface area contributed by atoms with Crippen LogP contribution < -0.4 is 0 Å². The van der Waals surface area contributed by atoms with Gasteiger partial charge in [-0.2, -0.15) is 5.10 Å². The zero-order valence-electron chi connectivity index (χ0n) is 26.3. The van der Waals surface area contributed by atoms with Crippen LogP contribution in [0.5, 0.6) is 0 Å². The van der Waals surface area contributed by atoms with Crippen molar-refractivity contribution in [1.29, 1.82) is 0 Å². The first-order chi connectivity index (χ1) is 21.2. The predicted molar refractivity (Wildman–Crippen MR) is 183 cm³/mol. The molecule has 1 aromatic carbocycles. The van der Waals surface area contributed by atoms with Crippen molar-refractivity contribution < 1.29 is 8.78 Å². The molecule has 0 amide bonds. The molecule has 232 valence electrons. The molecule has 0 radical (unpaired) electrons. The first-order valence-electron chi connectivity index (χ1n) is 15.1.